The van der Waals surface area contributed by atoms with Crippen LogP contribution in [0, 0.1) is 13.8 Å². The molecule has 0 fully saturated rings. The smallest absolute Gasteiger partial charge is 0.335 e. The number of carbonyl (C=O) groups excluding carboxylic acids is 1. The Labute approximate surface area is 140 Å². The van der Waals surface area contributed by atoms with E-state index in [0.717, 1.165) is 11.4 Å². The summed E-state index contributed by atoms with van der Waals surface area (Å²) in [6, 6.07) is 6.19. The van der Waals surface area contributed by atoms with E-state index >= 15 is 0 Å². The Hall–Kier alpha value is -2.83. The quantitative estimate of drug-likeness (QED) is 0.849. The van der Waals surface area contributed by atoms with Gasteiger partial charge in [-0.15, -0.1) is 0 Å². The number of hydrogen-bond acceptors (Lipinski definition) is 4. The van der Waals surface area contributed by atoms with Crippen LogP contribution in [0.25, 0.3) is 0 Å². The standard InChI is InChI=1S/C17H21N3O4/c1-10-7-11(2)20(19-10)12(3)8-16(21)18-14-6-5-13(17(22)23)9-15(14)24-4/h5-7,9,12H,8H2,1-4H3,(H,18,21)(H,22,23). The molecule has 2 rings (SSSR count). The number of methoxy groups -OCH3 is 1. The maximum atomic E-state index is 12.3. The van der Waals surface area contributed by atoms with Gasteiger partial charge in [0.2, 0.25) is 5.91 Å². The zero-order valence-electron chi connectivity index (χ0n) is 14.2. The lowest BCUT2D eigenvalue weighted by molar-refractivity contribution is -0.116. The number of anilines is 1. The van der Waals surface area contributed by atoms with Gasteiger partial charge in [-0.3, -0.25) is 9.48 Å². The second kappa shape index (κ2) is 7.16. The van der Waals surface area contributed by atoms with Crippen molar-refractivity contribution in [2.45, 2.75) is 33.2 Å². The molecule has 1 aromatic heterocycles. The molecule has 1 amide bonds. The van der Waals surface area contributed by atoms with E-state index in [-0.39, 0.29) is 23.9 Å². The first-order chi connectivity index (χ1) is 11.3. The molecule has 24 heavy (non-hydrogen) atoms. The highest BCUT2D eigenvalue weighted by Crippen LogP contribution is 2.26. The summed E-state index contributed by atoms with van der Waals surface area (Å²) in [5.41, 5.74) is 2.44. The molecule has 128 valence electrons. The normalized spacial score (nSPS) is 11.8. The number of carboxylic acids is 1. The third-order valence-electron chi connectivity index (χ3n) is 3.67. The monoisotopic (exact) mass is 331 g/mol. The molecule has 0 radical (unpaired) electrons. The van der Waals surface area contributed by atoms with Gasteiger partial charge in [0.1, 0.15) is 5.75 Å². The van der Waals surface area contributed by atoms with Crippen LogP contribution in [0.3, 0.4) is 0 Å². The topological polar surface area (TPSA) is 93.5 Å². The highest BCUT2D eigenvalue weighted by atomic mass is 16.5. The number of ether oxygens (including phenoxy) is 1. The van der Waals surface area contributed by atoms with Crippen molar-refractivity contribution >= 4 is 17.6 Å². The van der Waals surface area contributed by atoms with E-state index < -0.39 is 5.97 Å². The number of nitrogens with one attached hydrogen (secondary N) is 1. The number of hydrogen-bond donors (Lipinski definition) is 2. The lowest BCUT2D eigenvalue weighted by atomic mass is 10.1. The van der Waals surface area contributed by atoms with E-state index in [9.17, 15) is 9.59 Å². The number of aromatic nitrogens is 2. The molecule has 1 unspecified atom stereocenters. The number of carboxylic acid groups (broad SMARTS) is 1. The molecule has 0 aliphatic heterocycles. The summed E-state index contributed by atoms with van der Waals surface area (Å²) in [4.78, 5) is 23.3. The summed E-state index contributed by atoms with van der Waals surface area (Å²) < 4.78 is 6.97. The highest BCUT2D eigenvalue weighted by molar-refractivity contribution is 5.94. The molecular formula is C17H21N3O4. The largest absolute Gasteiger partial charge is 0.495 e. The second-order valence-corrected chi connectivity index (χ2v) is 5.69. The lowest BCUT2D eigenvalue weighted by Gasteiger charge is -2.15. The molecule has 0 aliphatic carbocycles. The fourth-order valence-electron chi connectivity index (χ4n) is 2.58. The minimum Gasteiger partial charge on any atom is -0.495 e. The van der Waals surface area contributed by atoms with Crippen molar-refractivity contribution in [3.8, 4) is 5.75 Å². The number of aromatic carboxylic acids is 1. The molecule has 7 nitrogen and oxygen atoms in total. The van der Waals surface area contributed by atoms with Crippen LogP contribution in [-0.2, 0) is 4.79 Å². The summed E-state index contributed by atoms with van der Waals surface area (Å²) in [6.45, 7) is 5.77. The Morgan fingerprint density at radius 1 is 1.33 bits per heavy atom. The van der Waals surface area contributed by atoms with Gasteiger partial charge >= 0.3 is 5.97 Å². The average molecular weight is 331 g/mol. The predicted molar refractivity (Wildman–Crippen MR) is 89.6 cm³/mol. The maximum absolute atomic E-state index is 12.3. The third kappa shape index (κ3) is 3.92. The van der Waals surface area contributed by atoms with E-state index in [0.29, 0.717) is 11.4 Å². The first-order valence-electron chi connectivity index (χ1n) is 7.55. The van der Waals surface area contributed by atoms with Crippen LogP contribution in [0.1, 0.15) is 41.1 Å². The van der Waals surface area contributed by atoms with Gasteiger partial charge in [-0.05, 0) is 45.0 Å². The molecule has 2 N–H and O–H groups in total. The molecular weight excluding hydrogens is 310 g/mol. The van der Waals surface area contributed by atoms with Crippen molar-refractivity contribution in [1.82, 2.24) is 9.78 Å². The molecule has 0 saturated carbocycles. The van der Waals surface area contributed by atoms with Crippen molar-refractivity contribution in [2.24, 2.45) is 0 Å². The van der Waals surface area contributed by atoms with Crippen LogP contribution in [0.4, 0.5) is 5.69 Å². The number of amides is 1. The Morgan fingerprint density at radius 3 is 2.58 bits per heavy atom. The predicted octanol–water partition coefficient (Wildman–Crippen LogP) is 2.80. The number of aryl methyl sites for hydroxylation is 2. The number of nitrogens with zero attached hydrogens (tertiary/aromatic N) is 2. The summed E-state index contributed by atoms with van der Waals surface area (Å²) in [5, 5.41) is 16.1. The van der Waals surface area contributed by atoms with Crippen LogP contribution >= 0.6 is 0 Å². The van der Waals surface area contributed by atoms with E-state index in [2.05, 4.69) is 10.4 Å². The Morgan fingerprint density at radius 2 is 2.04 bits per heavy atom. The first kappa shape index (κ1) is 17.5. The zero-order chi connectivity index (χ0) is 17.9. The molecule has 0 aliphatic rings. The molecule has 7 heteroatoms. The van der Waals surface area contributed by atoms with Crippen LogP contribution in [0.5, 0.6) is 5.75 Å². The lowest BCUT2D eigenvalue weighted by Crippen LogP contribution is -2.19. The highest BCUT2D eigenvalue weighted by Gasteiger charge is 2.16. The Balaban J connectivity index is 2.09. The first-order valence-corrected chi connectivity index (χ1v) is 7.55. The van der Waals surface area contributed by atoms with E-state index in [1.54, 1.807) is 0 Å². The van der Waals surface area contributed by atoms with Gasteiger partial charge in [-0.1, -0.05) is 0 Å². The van der Waals surface area contributed by atoms with Crippen molar-refractivity contribution < 1.29 is 19.4 Å². The van der Waals surface area contributed by atoms with Crippen molar-refractivity contribution in [3.05, 3.63) is 41.2 Å². The van der Waals surface area contributed by atoms with Crippen LogP contribution < -0.4 is 10.1 Å². The minimum atomic E-state index is -1.05. The van der Waals surface area contributed by atoms with Gasteiger partial charge in [0, 0.05) is 12.1 Å². The molecule has 1 atom stereocenters. The molecule has 2 aromatic rings. The Bertz CT molecular complexity index is 767. The van der Waals surface area contributed by atoms with Gasteiger partial charge < -0.3 is 15.2 Å². The summed E-state index contributed by atoms with van der Waals surface area (Å²) in [5.74, 6) is -0.942. The van der Waals surface area contributed by atoms with Gasteiger partial charge in [-0.25, -0.2) is 4.79 Å². The van der Waals surface area contributed by atoms with Gasteiger partial charge in [0.15, 0.2) is 0 Å². The second-order valence-electron chi connectivity index (χ2n) is 5.69. The minimum absolute atomic E-state index is 0.0945. The van der Waals surface area contributed by atoms with Crippen molar-refractivity contribution in [2.75, 3.05) is 12.4 Å². The SMILES string of the molecule is COc1cc(C(=O)O)ccc1NC(=O)CC(C)n1nc(C)cc1C. The number of carbonyl (C=O) groups is 2. The summed E-state index contributed by atoms with van der Waals surface area (Å²) in [7, 11) is 1.43. The van der Waals surface area contributed by atoms with E-state index in [4.69, 9.17) is 9.84 Å². The van der Waals surface area contributed by atoms with Crippen LogP contribution in [0.2, 0.25) is 0 Å². The average Bonchev–Trinajstić information content (AvgIpc) is 2.86. The number of benzene rings is 1. The van der Waals surface area contributed by atoms with Crippen molar-refractivity contribution in [3.63, 3.8) is 0 Å². The fraction of sp³-hybridized carbons (Fsp3) is 0.353. The van der Waals surface area contributed by atoms with Crippen molar-refractivity contribution in [1.29, 1.82) is 0 Å². The van der Waals surface area contributed by atoms with Crippen LogP contribution in [-0.4, -0.2) is 33.9 Å². The molecule has 0 bridgehead atoms. The zero-order valence-corrected chi connectivity index (χ0v) is 14.2. The molecule has 0 saturated heterocycles. The summed E-state index contributed by atoms with van der Waals surface area (Å²) >= 11 is 0. The van der Waals surface area contributed by atoms with Gasteiger partial charge in [0.25, 0.3) is 0 Å². The van der Waals surface area contributed by atoms with Crippen LogP contribution in [0.15, 0.2) is 24.3 Å². The maximum Gasteiger partial charge on any atom is 0.335 e. The van der Waals surface area contributed by atoms with Gasteiger partial charge in [-0.2, -0.15) is 5.10 Å². The van der Waals surface area contributed by atoms with E-state index in [1.165, 1.54) is 25.3 Å². The fourth-order valence-corrected chi connectivity index (χ4v) is 2.58. The van der Waals surface area contributed by atoms with E-state index in [1.807, 2.05) is 31.5 Å². The molecule has 1 aromatic carbocycles. The Kier molecular flexibility index (Phi) is 5.23. The molecule has 1 heterocycles. The summed E-state index contributed by atoms with van der Waals surface area (Å²) in [6.07, 6.45) is 0.242. The molecule has 0 spiro atoms. The number of rotatable bonds is 6. The van der Waals surface area contributed by atoms with Gasteiger partial charge in [0.05, 0.1) is 30.1 Å². The third-order valence-corrected chi connectivity index (χ3v) is 3.67.